The van der Waals surface area contributed by atoms with Crippen LogP contribution in [-0.2, 0) is 24.7 Å². The van der Waals surface area contributed by atoms with Gasteiger partial charge in [0.05, 0.1) is 0 Å². The molecule has 3 rings (SSSR count). The Morgan fingerprint density at radius 2 is 1.38 bits per heavy atom. The van der Waals surface area contributed by atoms with Crippen molar-refractivity contribution in [2.45, 2.75) is 55.7 Å². The summed E-state index contributed by atoms with van der Waals surface area (Å²) in [5.41, 5.74) is 5.91. The van der Waals surface area contributed by atoms with Crippen molar-refractivity contribution in [2.75, 3.05) is 0 Å². The first kappa shape index (κ1) is 29.0. The van der Waals surface area contributed by atoms with Crippen LogP contribution in [0.4, 0.5) is 0 Å². The molecule has 1 aromatic rings. The predicted molar refractivity (Wildman–Crippen MR) is 122 cm³/mol. The molecule has 29 heavy (non-hydrogen) atoms. The Morgan fingerprint density at radius 3 is 1.86 bits per heavy atom. The zero-order valence-electron chi connectivity index (χ0n) is 18.6. The summed E-state index contributed by atoms with van der Waals surface area (Å²) in [5.74, 6) is 0.414. The molecule has 156 valence electrons. The van der Waals surface area contributed by atoms with Crippen molar-refractivity contribution in [2.24, 2.45) is 0 Å². The molecular formula is C23H33Cl2NSi2Zr. The maximum atomic E-state index is 4.82. The third-order valence-corrected chi connectivity index (χ3v) is 11.6. The Hall–Kier alpha value is 0.0369. The summed E-state index contributed by atoms with van der Waals surface area (Å²) in [6, 6.07) is 10.8. The molecule has 2 unspecified atom stereocenters. The summed E-state index contributed by atoms with van der Waals surface area (Å²) in [6.45, 7) is 16.0. The summed E-state index contributed by atoms with van der Waals surface area (Å²) >= 11 is 1.59. The number of nitrogens with zero attached hydrogens (tertiary/aromatic N) is 1. The third kappa shape index (κ3) is 9.37. The molecule has 0 radical (unpaired) electrons. The first-order valence-electron chi connectivity index (χ1n) is 9.75. The van der Waals surface area contributed by atoms with Crippen LogP contribution in [0.25, 0.3) is 4.65 Å². The Labute approximate surface area is 208 Å². The largest absolute Gasteiger partial charge is 1.00 e. The van der Waals surface area contributed by atoms with E-state index in [4.69, 9.17) is 4.65 Å². The molecule has 0 fully saturated rings. The number of hydrogen-bond donors (Lipinski definition) is 0. The molecule has 0 saturated heterocycles. The van der Waals surface area contributed by atoms with Crippen molar-refractivity contribution in [3.63, 3.8) is 0 Å². The van der Waals surface area contributed by atoms with Gasteiger partial charge < -0.3 is 29.5 Å². The second-order valence-electron chi connectivity index (χ2n) is 9.32. The second-order valence-corrected chi connectivity index (χ2v) is 20.3. The summed E-state index contributed by atoms with van der Waals surface area (Å²) in [4.78, 5) is 0. The molecule has 0 aliphatic heterocycles. The zero-order chi connectivity index (χ0) is 20.2. The maximum Gasteiger partial charge on any atom is -0.0691 e. The standard InChI is InChI=1S/C17H15.C6H18NSi2.2ClH.Zr/c1-13-11-15-9-5-6-10-16(17(15)12-13)14-7-3-2-4-8-14;1-8(2,3)7-9(4,5)6;;;/h2-12,16H,1H3;1-6H3;2*1H;/q;-1;;;+3/p-2. The average Bonchev–Trinajstić information content (AvgIpc) is 2.71. The molecule has 6 heteroatoms. The van der Waals surface area contributed by atoms with Crippen LogP contribution in [0.15, 0.2) is 77.4 Å². The minimum absolute atomic E-state index is 0. The van der Waals surface area contributed by atoms with E-state index in [0.29, 0.717) is 9.54 Å². The molecule has 0 aromatic heterocycles. The Balaban J connectivity index is 0.000000621. The minimum Gasteiger partial charge on any atom is -1.00 e. The van der Waals surface area contributed by atoms with E-state index in [9.17, 15) is 0 Å². The van der Waals surface area contributed by atoms with Crippen LogP contribution in [0.3, 0.4) is 0 Å². The van der Waals surface area contributed by atoms with Gasteiger partial charge in [0, 0.05) is 0 Å². The van der Waals surface area contributed by atoms with E-state index in [0.717, 1.165) is 0 Å². The van der Waals surface area contributed by atoms with Crippen LogP contribution in [-0.4, -0.2) is 16.5 Å². The van der Waals surface area contributed by atoms with E-state index in [1.165, 1.54) is 22.3 Å². The summed E-state index contributed by atoms with van der Waals surface area (Å²) < 4.78 is 5.47. The fourth-order valence-corrected chi connectivity index (χ4v) is 12.6. The second kappa shape index (κ2) is 12.2. The van der Waals surface area contributed by atoms with Crippen LogP contribution in [0.1, 0.15) is 18.4 Å². The molecule has 0 saturated carbocycles. The Morgan fingerprint density at radius 1 is 0.828 bits per heavy atom. The summed E-state index contributed by atoms with van der Waals surface area (Å²) in [6.07, 6.45) is 11.4. The molecule has 0 N–H and O–H groups in total. The molecule has 0 heterocycles. The first-order valence-corrected chi connectivity index (χ1v) is 18.1. The number of allylic oxidation sites excluding steroid dienone is 8. The van der Waals surface area contributed by atoms with E-state index in [2.05, 4.69) is 107 Å². The quantitative estimate of drug-likeness (QED) is 0.516. The van der Waals surface area contributed by atoms with Gasteiger partial charge in [-0.15, -0.1) is 0 Å². The molecule has 1 aromatic carbocycles. The van der Waals surface area contributed by atoms with Gasteiger partial charge in [-0.3, -0.25) is 0 Å². The van der Waals surface area contributed by atoms with Gasteiger partial charge in [0.15, 0.2) is 0 Å². The number of rotatable bonds is 3. The third-order valence-electron chi connectivity index (χ3n) is 4.34. The van der Waals surface area contributed by atoms with Crippen LogP contribution in [0.5, 0.6) is 0 Å². The van der Waals surface area contributed by atoms with E-state index < -0.39 is 16.5 Å². The van der Waals surface area contributed by atoms with E-state index >= 15 is 0 Å². The van der Waals surface area contributed by atoms with Crippen molar-refractivity contribution in [1.29, 1.82) is 0 Å². The zero-order valence-corrected chi connectivity index (χ0v) is 24.6. The van der Waals surface area contributed by atoms with Crippen LogP contribution < -0.4 is 24.8 Å². The van der Waals surface area contributed by atoms with Crippen molar-refractivity contribution in [3.8, 4) is 0 Å². The van der Waals surface area contributed by atoms with Crippen LogP contribution in [0, 0.1) is 0 Å². The normalized spacial score (nSPS) is 20.5. The maximum absolute atomic E-state index is 4.82. The SMILES string of the molecule is CC1=CC2=C(C=CC=CC2c2ccccc2)[CH]1[Zr+3].C[Si](C)(C)[N-][Si](C)(C)C.[Cl-].[Cl-]. The number of benzene rings is 1. The molecule has 1 nitrogen and oxygen atoms in total. The Bertz CT molecular complexity index is 760. The number of hydrogen-bond acceptors (Lipinski definition) is 0. The predicted octanol–water partition coefficient (Wildman–Crippen LogP) is 1.53. The summed E-state index contributed by atoms with van der Waals surface area (Å²) in [7, 11) is -2.21. The molecule has 2 aliphatic carbocycles. The Kier molecular flexibility index (Phi) is 12.2. The smallest absolute Gasteiger partial charge is 0.0691 e. The van der Waals surface area contributed by atoms with Crippen LogP contribution >= 0.6 is 0 Å². The monoisotopic (exact) mass is 539 g/mol. The molecular weight excluding hydrogens is 509 g/mol. The molecule has 2 atom stereocenters. The fraction of sp³-hybridized carbons (Fsp3) is 0.391. The van der Waals surface area contributed by atoms with Crippen molar-refractivity contribution in [1.82, 2.24) is 0 Å². The molecule has 0 amide bonds. The minimum atomic E-state index is -1.11. The van der Waals surface area contributed by atoms with Gasteiger partial charge in [0.25, 0.3) is 0 Å². The van der Waals surface area contributed by atoms with Crippen molar-refractivity contribution in [3.05, 3.63) is 87.6 Å². The molecule has 2 aliphatic rings. The van der Waals surface area contributed by atoms with Gasteiger partial charge in [-0.05, 0) is 0 Å². The van der Waals surface area contributed by atoms with Crippen molar-refractivity contribution >= 4 is 16.5 Å². The summed E-state index contributed by atoms with van der Waals surface area (Å²) in [5, 5.41) is 0. The average molecular weight is 542 g/mol. The van der Waals surface area contributed by atoms with Gasteiger partial charge in [-0.2, -0.15) is 0 Å². The van der Waals surface area contributed by atoms with Crippen LogP contribution in [0.2, 0.25) is 42.9 Å². The van der Waals surface area contributed by atoms with E-state index in [-0.39, 0.29) is 24.8 Å². The topological polar surface area (TPSA) is 14.1 Å². The van der Waals surface area contributed by atoms with Gasteiger partial charge in [0.2, 0.25) is 0 Å². The van der Waals surface area contributed by atoms with Gasteiger partial charge in [0.1, 0.15) is 0 Å². The van der Waals surface area contributed by atoms with Gasteiger partial charge in [-0.25, -0.2) is 0 Å². The van der Waals surface area contributed by atoms with E-state index in [1.54, 1.807) is 24.7 Å². The molecule has 0 spiro atoms. The van der Waals surface area contributed by atoms with Crippen molar-refractivity contribution < 1.29 is 49.5 Å². The fourth-order valence-electron chi connectivity index (χ4n) is 3.68. The first-order chi connectivity index (χ1) is 12.5. The molecule has 0 bridgehead atoms. The van der Waals surface area contributed by atoms with E-state index in [1.807, 2.05) is 0 Å². The van der Waals surface area contributed by atoms with Gasteiger partial charge in [-0.1, -0.05) is 55.8 Å². The van der Waals surface area contributed by atoms with Gasteiger partial charge >= 0.3 is 124 Å². The number of halogens is 2.